The third-order valence-electron chi connectivity index (χ3n) is 5.00. The number of hydrogen-bond acceptors (Lipinski definition) is 5. The third kappa shape index (κ3) is 8.97. The number of carboxylic acid groups (broad SMARTS) is 1. The number of carboxylic acids is 1. The van der Waals surface area contributed by atoms with Crippen molar-refractivity contribution in [3.05, 3.63) is 29.6 Å². The zero-order valence-corrected chi connectivity index (χ0v) is 18.5. The predicted molar refractivity (Wildman–Crippen MR) is 113 cm³/mol. The third-order valence-corrected chi connectivity index (χ3v) is 6.44. The number of unbranched alkanes of at least 4 members (excludes halogenated alkanes) is 2. The van der Waals surface area contributed by atoms with Gasteiger partial charge in [-0.3, -0.25) is 4.79 Å². The average molecular weight is 445 g/mol. The minimum absolute atomic E-state index is 0.0125. The molecule has 9 heteroatoms. The molecule has 2 rings (SSSR count). The lowest BCUT2D eigenvalue weighted by Crippen LogP contribution is -2.33. The number of hydrogen-bond donors (Lipinski definition) is 3. The average Bonchev–Trinajstić information content (AvgIpc) is 3.49. The molecule has 7 nitrogen and oxygen atoms in total. The summed E-state index contributed by atoms with van der Waals surface area (Å²) in [6.45, 7) is 4.75. The summed E-state index contributed by atoms with van der Waals surface area (Å²) < 4.78 is 47.5. The van der Waals surface area contributed by atoms with Gasteiger partial charge in [0.05, 0.1) is 18.9 Å². The number of benzene rings is 1. The van der Waals surface area contributed by atoms with Crippen molar-refractivity contribution in [2.45, 2.75) is 52.0 Å². The van der Waals surface area contributed by atoms with Gasteiger partial charge < -0.3 is 15.2 Å². The molecule has 0 aliphatic heterocycles. The monoisotopic (exact) mass is 444 g/mol. The molecule has 0 heterocycles. The van der Waals surface area contributed by atoms with E-state index in [1.165, 1.54) is 6.07 Å². The van der Waals surface area contributed by atoms with Gasteiger partial charge in [0.15, 0.2) is 11.6 Å². The Morgan fingerprint density at radius 1 is 1.27 bits per heavy atom. The summed E-state index contributed by atoms with van der Waals surface area (Å²) in [4.78, 5) is 10.4. The fourth-order valence-electron chi connectivity index (χ4n) is 3.07. The summed E-state index contributed by atoms with van der Waals surface area (Å²) in [7, 11) is -3.52. The van der Waals surface area contributed by atoms with Crippen LogP contribution in [-0.2, 0) is 14.8 Å². The van der Waals surface area contributed by atoms with Gasteiger partial charge in [-0.1, -0.05) is 26.3 Å². The molecule has 1 saturated carbocycles. The second-order valence-corrected chi connectivity index (χ2v) is 10.1. The van der Waals surface area contributed by atoms with Gasteiger partial charge in [-0.05, 0) is 61.8 Å². The molecule has 3 N–H and O–H groups in total. The highest BCUT2D eigenvalue weighted by Crippen LogP contribution is 2.32. The standard InChI is InChI=1S/C21H33FN2O5S/c1-15(2)21(17-8-9-18(22)19(12-17)29-14-16-6-7-16)24-30(27,28)11-5-3-4-10-23-13-20(25)26/h8-9,12,15-16,21,23-24H,3-7,10-11,13-14H2,1-2H3,(H,25,26). The van der Waals surface area contributed by atoms with Gasteiger partial charge >= 0.3 is 5.97 Å². The van der Waals surface area contributed by atoms with Crippen LogP contribution >= 0.6 is 0 Å². The molecule has 0 radical (unpaired) electrons. The van der Waals surface area contributed by atoms with Crippen molar-refractivity contribution in [2.24, 2.45) is 11.8 Å². The van der Waals surface area contributed by atoms with Crippen molar-refractivity contribution >= 4 is 16.0 Å². The minimum atomic E-state index is -3.52. The van der Waals surface area contributed by atoms with Crippen LogP contribution in [0.15, 0.2) is 18.2 Å². The Morgan fingerprint density at radius 3 is 2.63 bits per heavy atom. The van der Waals surface area contributed by atoms with Crippen molar-refractivity contribution in [2.75, 3.05) is 25.4 Å². The highest BCUT2D eigenvalue weighted by molar-refractivity contribution is 7.89. The molecule has 0 spiro atoms. The lowest BCUT2D eigenvalue weighted by Gasteiger charge is -2.23. The van der Waals surface area contributed by atoms with Crippen molar-refractivity contribution in [1.29, 1.82) is 0 Å². The van der Waals surface area contributed by atoms with Crippen LogP contribution in [0.2, 0.25) is 0 Å². The number of sulfonamides is 1. The number of halogens is 1. The molecule has 30 heavy (non-hydrogen) atoms. The Hall–Kier alpha value is -1.71. The van der Waals surface area contributed by atoms with Gasteiger partial charge in [-0.2, -0.15) is 0 Å². The second-order valence-electron chi connectivity index (χ2n) is 8.23. The highest BCUT2D eigenvalue weighted by Gasteiger charge is 2.25. The van der Waals surface area contributed by atoms with Gasteiger partial charge in [0.25, 0.3) is 0 Å². The fourth-order valence-corrected chi connectivity index (χ4v) is 4.57. The van der Waals surface area contributed by atoms with E-state index >= 15 is 0 Å². The molecular formula is C21H33FN2O5S. The maximum atomic E-state index is 14.1. The van der Waals surface area contributed by atoms with Gasteiger partial charge in [0.2, 0.25) is 10.0 Å². The largest absolute Gasteiger partial charge is 0.490 e. The summed E-state index contributed by atoms with van der Waals surface area (Å²) in [6, 6.07) is 4.04. The normalized spacial score (nSPS) is 15.3. The van der Waals surface area contributed by atoms with Crippen molar-refractivity contribution < 1.29 is 27.4 Å². The van der Waals surface area contributed by atoms with E-state index in [2.05, 4.69) is 10.0 Å². The van der Waals surface area contributed by atoms with E-state index in [0.29, 0.717) is 43.9 Å². The summed E-state index contributed by atoms with van der Waals surface area (Å²) in [6.07, 6.45) is 4.07. The van der Waals surface area contributed by atoms with Gasteiger partial charge in [-0.25, -0.2) is 17.5 Å². The van der Waals surface area contributed by atoms with Crippen LogP contribution in [-0.4, -0.2) is 44.9 Å². The Morgan fingerprint density at radius 2 is 2.00 bits per heavy atom. The molecule has 0 bridgehead atoms. The summed E-state index contributed by atoms with van der Waals surface area (Å²) in [5, 5.41) is 11.3. The first-order valence-electron chi connectivity index (χ1n) is 10.5. The summed E-state index contributed by atoms with van der Waals surface area (Å²) >= 11 is 0. The summed E-state index contributed by atoms with van der Waals surface area (Å²) in [5.74, 6) is -0.738. The molecule has 1 aromatic rings. The van der Waals surface area contributed by atoms with E-state index in [1.54, 1.807) is 12.1 Å². The van der Waals surface area contributed by atoms with Crippen molar-refractivity contribution in [3.8, 4) is 5.75 Å². The number of nitrogens with one attached hydrogen (secondary N) is 2. The Balaban J connectivity index is 1.89. The molecule has 0 saturated heterocycles. The van der Waals surface area contributed by atoms with Gasteiger partial charge in [0.1, 0.15) is 0 Å². The van der Waals surface area contributed by atoms with Crippen LogP contribution < -0.4 is 14.8 Å². The van der Waals surface area contributed by atoms with Crippen LogP contribution in [0.4, 0.5) is 4.39 Å². The maximum absolute atomic E-state index is 14.1. The van der Waals surface area contributed by atoms with Crippen molar-refractivity contribution in [1.82, 2.24) is 10.0 Å². The molecule has 1 aromatic carbocycles. The zero-order chi connectivity index (χ0) is 22.1. The molecule has 1 atom stereocenters. The Labute approximate surface area is 178 Å². The first-order valence-corrected chi connectivity index (χ1v) is 12.2. The quantitative estimate of drug-likeness (QED) is 0.359. The molecular weight excluding hydrogens is 411 g/mol. The number of rotatable bonds is 15. The predicted octanol–water partition coefficient (Wildman–Crippen LogP) is 3.08. The van der Waals surface area contributed by atoms with Crippen LogP contribution in [0.1, 0.15) is 57.6 Å². The molecule has 1 unspecified atom stereocenters. The summed E-state index contributed by atoms with van der Waals surface area (Å²) in [5.41, 5.74) is 0.679. The molecule has 1 aliphatic carbocycles. The van der Waals surface area contributed by atoms with E-state index < -0.39 is 27.9 Å². The second kappa shape index (κ2) is 11.6. The van der Waals surface area contributed by atoms with E-state index in [-0.39, 0.29) is 24.0 Å². The topological polar surface area (TPSA) is 105 Å². The van der Waals surface area contributed by atoms with Gasteiger partial charge in [-0.15, -0.1) is 0 Å². The zero-order valence-electron chi connectivity index (χ0n) is 17.7. The smallest absolute Gasteiger partial charge is 0.317 e. The van der Waals surface area contributed by atoms with Crippen LogP contribution in [0.3, 0.4) is 0 Å². The SMILES string of the molecule is CC(C)C(NS(=O)(=O)CCCCCNCC(=O)O)c1ccc(F)c(OCC2CC2)c1. The van der Waals surface area contributed by atoms with Crippen LogP contribution in [0, 0.1) is 17.7 Å². The van der Waals surface area contributed by atoms with E-state index in [1.807, 2.05) is 13.8 Å². The van der Waals surface area contributed by atoms with Crippen LogP contribution in [0.25, 0.3) is 0 Å². The molecule has 0 amide bonds. The molecule has 1 fully saturated rings. The highest BCUT2D eigenvalue weighted by atomic mass is 32.2. The van der Waals surface area contributed by atoms with E-state index in [9.17, 15) is 17.6 Å². The fraction of sp³-hybridized carbons (Fsp3) is 0.667. The number of carbonyl (C=O) groups is 1. The number of ether oxygens (including phenoxy) is 1. The van der Waals surface area contributed by atoms with Crippen molar-refractivity contribution in [3.63, 3.8) is 0 Å². The Bertz CT molecular complexity index is 797. The number of aliphatic carboxylic acids is 1. The lowest BCUT2D eigenvalue weighted by atomic mass is 9.97. The van der Waals surface area contributed by atoms with Crippen LogP contribution in [0.5, 0.6) is 5.75 Å². The lowest BCUT2D eigenvalue weighted by molar-refractivity contribution is -0.135. The molecule has 0 aromatic heterocycles. The van der Waals surface area contributed by atoms with E-state index in [0.717, 1.165) is 12.8 Å². The maximum Gasteiger partial charge on any atom is 0.317 e. The first-order chi connectivity index (χ1) is 14.2. The first kappa shape index (κ1) is 24.6. The van der Waals surface area contributed by atoms with Gasteiger partial charge in [0, 0.05) is 6.04 Å². The molecule has 1 aliphatic rings. The minimum Gasteiger partial charge on any atom is -0.490 e. The Kier molecular flexibility index (Phi) is 9.51. The van der Waals surface area contributed by atoms with E-state index in [4.69, 9.17) is 9.84 Å². The molecule has 170 valence electrons.